The SMILES string of the molecule is OCCCCCC[n+]1ccc(/C=C/c2ccc(N(CCO)CCO)cc2)cc1. The number of aryl methyl sites for hydroxylation is 1. The van der Waals surface area contributed by atoms with Crippen LogP contribution in [0.15, 0.2) is 48.8 Å². The second-order valence-corrected chi connectivity index (χ2v) is 6.87. The minimum absolute atomic E-state index is 0.0678. The number of rotatable bonds is 13. The third-order valence-electron chi connectivity index (χ3n) is 4.71. The van der Waals surface area contributed by atoms with E-state index in [2.05, 4.69) is 41.2 Å². The molecule has 1 aromatic heterocycles. The van der Waals surface area contributed by atoms with E-state index in [9.17, 15) is 0 Å². The van der Waals surface area contributed by atoms with Gasteiger partial charge in [-0.05, 0) is 36.1 Å². The standard InChI is InChI=1S/C23H33N2O3/c26-18-4-2-1-3-13-24-14-11-22(12-15-24)6-5-21-7-9-23(10-8-21)25(16-19-27)17-20-28/h5-12,14-15,26-28H,1-4,13,16-20H2/q+1. The topological polar surface area (TPSA) is 67.8 Å². The zero-order chi connectivity index (χ0) is 20.0. The number of pyridine rings is 1. The number of nitrogens with zero attached hydrogens (tertiary/aromatic N) is 2. The molecule has 5 heteroatoms. The van der Waals surface area contributed by atoms with Gasteiger partial charge in [0.2, 0.25) is 0 Å². The maximum absolute atomic E-state index is 9.15. The average Bonchev–Trinajstić information content (AvgIpc) is 2.73. The number of unbranched alkanes of at least 4 members (excludes halogenated alkanes) is 3. The molecule has 0 saturated carbocycles. The predicted molar refractivity (Wildman–Crippen MR) is 114 cm³/mol. The van der Waals surface area contributed by atoms with Crippen molar-refractivity contribution >= 4 is 17.8 Å². The van der Waals surface area contributed by atoms with Crippen molar-refractivity contribution in [1.29, 1.82) is 0 Å². The van der Waals surface area contributed by atoms with Crippen LogP contribution in [-0.4, -0.2) is 48.2 Å². The second kappa shape index (κ2) is 13.0. The van der Waals surface area contributed by atoms with Crippen LogP contribution in [-0.2, 0) is 6.54 Å². The van der Waals surface area contributed by atoms with Gasteiger partial charge < -0.3 is 20.2 Å². The lowest BCUT2D eigenvalue weighted by Crippen LogP contribution is -2.32. The lowest BCUT2D eigenvalue weighted by Gasteiger charge is -2.22. The molecular weight excluding hydrogens is 352 g/mol. The maximum atomic E-state index is 9.15. The van der Waals surface area contributed by atoms with Crippen LogP contribution in [0.5, 0.6) is 0 Å². The fourth-order valence-corrected chi connectivity index (χ4v) is 3.09. The molecule has 28 heavy (non-hydrogen) atoms. The minimum atomic E-state index is 0.0678. The highest BCUT2D eigenvalue weighted by atomic mass is 16.3. The van der Waals surface area contributed by atoms with Crippen molar-refractivity contribution in [3.8, 4) is 0 Å². The molecule has 0 spiro atoms. The third kappa shape index (κ3) is 7.80. The van der Waals surface area contributed by atoms with Crippen molar-refractivity contribution in [3.05, 3.63) is 59.9 Å². The van der Waals surface area contributed by atoms with Gasteiger partial charge in [0.15, 0.2) is 12.4 Å². The van der Waals surface area contributed by atoms with Crippen molar-refractivity contribution in [2.45, 2.75) is 32.2 Å². The molecule has 2 rings (SSSR count). The molecule has 1 heterocycles. The number of benzene rings is 1. The van der Waals surface area contributed by atoms with Crippen LogP contribution in [0.25, 0.3) is 12.2 Å². The number of anilines is 1. The summed E-state index contributed by atoms with van der Waals surface area (Å²) in [4.78, 5) is 1.97. The first-order chi connectivity index (χ1) is 13.8. The molecule has 3 N–H and O–H groups in total. The monoisotopic (exact) mass is 385 g/mol. The van der Waals surface area contributed by atoms with Crippen LogP contribution in [0.2, 0.25) is 0 Å². The van der Waals surface area contributed by atoms with Crippen LogP contribution < -0.4 is 9.47 Å². The highest BCUT2D eigenvalue weighted by Gasteiger charge is 2.04. The molecule has 0 unspecified atom stereocenters. The highest BCUT2D eigenvalue weighted by Crippen LogP contribution is 2.16. The van der Waals surface area contributed by atoms with Crippen molar-refractivity contribution in [1.82, 2.24) is 0 Å². The molecule has 5 nitrogen and oxygen atoms in total. The number of aliphatic hydroxyl groups is 3. The molecule has 0 aliphatic rings. The zero-order valence-electron chi connectivity index (χ0n) is 16.6. The molecule has 0 amide bonds. The Hall–Kier alpha value is -2.21. The molecule has 0 saturated heterocycles. The van der Waals surface area contributed by atoms with Crippen LogP contribution in [0, 0.1) is 0 Å². The lowest BCUT2D eigenvalue weighted by atomic mass is 10.1. The van der Waals surface area contributed by atoms with E-state index in [0.29, 0.717) is 19.7 Å². The van der Waals surface area contributed by atoms with Crippen LogP contribution >= 0.6 is 0 Å². The summed E-state index contributed by atoms with van der Waals surface area (Å²) in [5.41, 5.74) is 3.26. The first kappa shape index (κ1) is 22.1. The Balaban J connectivity index is 1.87. The number of aromatic nitrogens is 1. The molecule has 0 aliphatic heterocycles. The van der Waals surface area contributed by atoms with Crippen molar-refractivity contribution in [3.63, 3.8) is 0 Å². The zero-order valence-corrected chi connectivity index (χ0v) is 16.6. The van der Waals surface area contributed by atoms with Crippen molar-refractivity contribution in [2.75, 3.05) is 37.8 Å². The lowest BCUT2D eigenvalue weighted by molar-refractivity contribution is -0.697. The Labute approximate surface area is 168 Å². The largest absolute Gasteiger partial charge is 0.396 e. The number of aliphatic hydroxyl groups excluding tert-OH is 3. The van der Waals surface area contributed by atoms with Gasteiger partial charge in [-0.25, -0.2) is 4.57 Å². The van der Waals surface area contributed by atoms with Gasteiger partial charge in [0.25, 0.3) is 0 Å². The average molecular weight is 386 g/mol. The van der Waals surface area contributed by atoms with E-state index < -0.39 is 0 Å². The first-order valence-electron chi connectivity index (χ1n) is 10.1. The summed E-state index contributed by atoms with van der Waals surface area (Å²) in [5.74, 6) is 0. The second-order valence-electron chi connectivity index (χ2n) is 6.87. The normalized spacial score (nSPS) is 11.2. The summed E-state index contributed by atoms with van der Waals surface area (Å²) in [6.07, 6.45) is 12.7. The minimum Gasteiger partial charge on any atom is -0.396 e. The summed E-state index contributed by atoms with van der Waals surface area (Å²) in [6.45, 7) is 2.47. The molecule has 1 aromatic carbocycles. The Morgan fingerprint density at radius 3 is 1.82 bits per heavy atom. The van der Waals surface area contributed by atoms with E-state index in [1.807, 2.05) is 29.2 Å². The van der Waals surface area contributed by atoms with E-state index in [4.69, 9.17) is 15.3 Å². The molecule has 0 aliphatic carbocycles. The quantitative estimate of drug-likeness (QED) is 0.366. The maximum Gasteiger partial charge on any atom is 0.169 e. The molecule has 0 atom stereocenters. The Morgan fingerprint density at radius 2 is 1.25 bits per heavy atom. The fourth-order valence-electron chi connectivity index (χ4n) is 3.09. The van der Waals surface area contributed by atoms with Crippen LogP contribution in [0.4, 0.5) is 5.69 Å². The van der Waals surface area contributed by atoms with Crippen LogP contribution in [0.1, 0.15) is 36.8 Å². The Morgan fingerprint density at radius 1 is 0.679 bits per heavy atom. The van der Waals surface area contributed by atoms with Gasteiger partial charge in [-0.2, -0.15) is 0 Å². The van der Waals surface area contributed by atoms with E-state index in [1.165, 1.54) is 0 Å². The van der Waals surface area contributed by atoms with Crippen molar-refractivity contribution < 1.29 is 19.9 Å². The van der Waals surface area contributed by atoms with E-state index in [0.717, 1.165) is 49.0 Å². The van der Waals surface area contributed by atoms with E-state index in [1.54, 1.807) is 0 Å². The van der Waals surface area contributed by atoms with Gasteiger partial charge in [-0.1, -0.05) is 30.7 Å². The molecule has 152 valence electrons. The molecule has 0 fully saturated rings. The van der Waals surface area contributed by atoms with E-state index in [-0.39, 0.29) is 13.2 Å². The van der Waals surface area contributed by atoms with E-state index >= 15 is 0 Å². The predicted octanol–water partition coefficient (Wildman–Crippen LogP) is 2.49. The Kier molecular flexibility index (Phi) is 10.3. The summed E-state index contributed by atoms with van der Waals surface area (Å²) in [6, 6.07) is 12.3. The summed E-state index contributed by atoms with van der Waals surface area (Å²) in [7, 11) is 0. The fraction of sp³-hybridized carbons (Fsp3) is 0.435. The van der Waals surface area contributed by atoms with Gasteiger partial charge in [0, 0.05) is 43.9 Å². The summed E-state index contributed by atoms with van der Waals surface area (Å²) in [5, 5.41) is 27.1. The van der Waals surface area contributed by atoms with Crippen molar-refractivity contribution in [2.24, 2.45) is 0 Å². The first-order valence-corrected chi connectivity index (χ1v) is 10.1. The molecular formula is C23H33N2O3+. The highest BCUT2D eigenvalue weighted by molar-refractivity contribution is 5.70. The van der Waals surface area contributed by atoms with Gasteiger partial charge in [-0.15, -0.1) is 0 Å². The van der Waals surface area contributed by atoms with Crippen LogP contribution in [0.3, 0.4) is 0 Å². The van der Waals surface area contributed by atoms with Gasteiger partial charge in [0.1, 0.15) is 6.54 Å². The summed E-state index contributed by atoms with van der Waals surface area (Å²) >= 11 is 0. The smallest absolute Gasteiger partial charge is 0.169 e. The molecule has 2 aromatic rings. The Bertz CT molecular complexity index is 678. The van der Waals surface area contributed by atoms with Gasteiger partial charge >= 0.3 is 0 Å². The summed E-state index contributed by atoms with van der Waals surface area (Å²) < 4.78 is 2.20. The number of hydrogen-bond acceptors (Lipinski definition) is 4. The number of hydrogen-bond donors (Lipinski definition) is 3. The third-order valence-corrected chi connectivity index (χ3v) is 4.71. The molecule has 0 radical (unpaired) electrons. The molecule has 0 bridgehead atoms. The van der Waals surface area contributed by atoms with Gasteiger partial charge in [0.05, 0.1) is 13.2 Å². The van der Waals surface area contributed by atoms with Gasteiger partial charge in [-0.3, -0.25) is 0 Å².